The van der Waals surface area contributed by atoms with E-state index in [9.17, 15) is 9.59 Å². The highest BCUT2D eigenvalue weighted by molar-refractivity contribution is 8.00. The lowest BCUT2D eigenvalue weighted by atomic mass is 10.2. The number of anilines is 1. The summed E-state index contributed by atoms with van der Waals surface area (Å²) in [6, 6.07) is 17.0. The number of benzene rings is 2. The Hall–Kier alpha value is -2.57. The molecule has 0 unspecified atom stereocenters. The summed E-state index contributed by atoms with van der Waals surface area (Å²) in [6.45, 7) is -0.122. The molecule has 0 N–H and O–H groups in total. The van der Waals surface area contributed by atoms with E-state index in [1.807, 2.05) is 54.6 Å². The molecule has 0 spiro atoms. The van der Waals surface area contributed by atoms with Crippen LogP contribution in [0, 0.1) is 0 Å². The van der Waals surface area contributed by atoms with Crippen molar-refractivity contribution in [2.75, 3.05) is 17.2 Å². The number of aromatic nitrogens is 1. The van der Waals surface area contributed by atoms with Gasteiger partial charge in [0, 0.05) is 15.8 Å². The van der Waals surface area contributed by atoms with E-state index in [2.05, 4.69) is 4.98 Å². The van der Waals surface area contributed by atoms with E-state index >= 15 is 0 Å². The normalized spacial score (nSPS) is 13.5. The number of esters is 1. The van der Waals surface area contributed by atoms with E-state index in [1.165, 1.54) is 16.7 Å². The number of para-hydroxylation sites is 2. The van der Waals surface area contributed by atoms with Crippen LogP contribution in [-0.4, -0.2) is 29.2 Å². The van der Waals surface area contributed by atoms with Gasteiger partial charge < -0.3 is 4.74 Å². The first-order valence-corrected chi connectivity index (χ1v) is 9.70. The van der Waals surface area contributed by atoms with E-state index in [-0.39, 0.29) is 19.1 Å². The molecule has 0 atom stereocenters. The Morgan fingerprint density at radius 2 is 1.96 bits per heavy atom. The third-order valence-corrected chi connectivity index (χ3v) is 5.61. The summed E-state index contributed by atoms with van der Waals surface area (Å²) >= 11 is 7.67. The molecule has 4 rings (SSSR count). The van der Waals surface area contributed by atoms with Crippen molar-refractivity contribution < 1.29 is 14.3 Å². The van der Waals surface area contributed by atoms with Gasteiger partial charge in [0.2, 0.25) is 5.91 Å². The van der Waals surface area contributed by atoms with Gasteiger partial charge in [0.25, 0.3) is 0 Å². The first-order chi connectivity index (χ1) is 13.1. The Morgan fingerprint density at radius 1 is 1.19 bits per heavy atom. The van der Waals surface area contributed by atoms with Crippen LogP contribution in [0.2, 0.25) is 5.15 Å². The molecule has 0 fully saturated rings. The molecule has 2 aromatic carbocycles. The molecule has 0 bridgehead atoms. The Bertz CT molecular complexity index is 1040. The molecular formula is C20H15ClN2O3S. The molecule has 0 saturated carbocycles. The number of ether oxygens (including phenoxy) is 1. The number of fused-ring (bicyclic) bond motifs is 2. The molecule has 1 aliphatic heterocycles. The third-order valence-electron chi connectivity index (χ3n) is 4.23. The van der Waals surface area contributed by atoms with Gasteiger partial charge in [0.1, 0.15) is 18.3 Å². The van der Waals surface area contributed by atoms with Crippen molar-refractivity contribution >= 4 is 51.8 Å². The van der Waals surface area contributed by atoms with E-state index in [0.717, 1.165) is 21.5 Å². The van der Waals surface area contributed by atoms with Gasteiger partial charge in [-0.15, -0.1) is 11.8 Å². The van der Waals surface area contributed by atoms with Crippen LogP contribution in [0.25, 0.3) is 10.9 Å². The fourth-order valence-corrected chi connectivity index (χ4v) is 4.03. The van der Waals surface area contributed by atoms with Crippen LogP contribution >= 0.6 is 23.4 Å². The number of hydrogen-bond donors (Lipinski definition) is 0. The number of thioether (sulfide) groups is 1. The average Bonchev–Trinajstić information content (AvgIpc) is 2.68. The maximum atomic E-state index is 12.3. The number of rotatable bonds is 4. The summed E-state index contributed by atoms with van der Waals surface area (Å²) in [5.41, 5.74) is 2.15. The van der Waals surface area contributed by atoms with Crippen molar-refractivity contribution in [2.24, 2.45) is 0 Å². The summed E-state index contributed by atoms with van der Waals surface area (Å²) < 4.78 is 5.36. The summed E-state index contributed by atoms with van der Waals surface area (Å²) in [5.74, 6) is -0.291. The van der Waals surface area contributed by atoms with Crippen LogP contribution in [0.3, 0.4) is 0 Å². The van der Waals surface area contributed by atoms with Gasteiger partial charge in [0.15, 0.2) is 0 Å². The van der Waals surface area contributed by atoms with Gasteiger partial charge in [-0.25, -0.2) is 4.98 Å². The van der Waals surface area contributed by atoms with E-state index in [0.29, 0.717) is 16.5 Å². The van der Waals surface area contributed by atoms with Crippen LogP contribution in [0.4, 0.5) is 5.69 Å². The summed E-state index contributed by atoms with van der Waals surface area (Å²) in [4.78, 5) is 31.3. The van der Waals surface area contributed by atoms with Gasteiger partial charge in [-0.05, 0) is 24.3 Å². The number of amides is 1. The van der Waals surface area contributed by atoms with Crippen molar-refractivity contribution in [1.29, 1.82) is 0 Å². The Labute approximate surface area is 165 Å². The number of hydrogen-bond acceptors (Lipinski definition) is 5. The van der Waals surface area contributed by atoms with Crippen LogP contribution in [0.5, 0.6) is 0 Å². The highest BCUT2D eigenvalue weighted by Crippen LogP contribution is 2.34. The SMILES string of the molecule is O=C(CN1C(=O)CSc2ccccc21)OCc1cc2ccccc2nc1Cl. The first-order valence-electron chi connectivity index (χ1n) is 8.34. The third kappa shape index (κ3) is 3.77. The summed E-state index contributed by atoms with van der Waals surface area (Å²) in [7, 11) is 0. The molecule has 5 nitrogen and oxygen atoms in total. The molecule has 7 heteroatoms. The number of carbonyl (C=O) groups is 2. The molecule has 2 heterocycles. The maximum Gasteiger partial charge on any atom is 0.326 e. The molecule has 1 aromatic heterocycles. The fourth-order valence-electron chi connectivity index (χ4n) is 2.90. The zero-order valence-corrected chi connectivity index (χ0v) is 15.8. The lowest BCUT2D eigenvalue weighted by Crippen LogP contribution is -2.39. The second-order valence-electron chi connectivity index (χ2n) is 6.03. The fraction of sp³-hybridized carbons (Fsp3) is 0.150. The standard InChI is InChI=1S/C20H15ClN2O3S/c21-20-14(9-13-5-1-2-6-15(13)22-20)11-26-19(25)10-23-16-7-3-4-8-17(16)27-12-18(23)24/h1-9H,10-12H2. The van der Waals surface area contributed by atoms with Gasteiger partial charge in [-0.3, -0.25) is 14.5 Å². The van der Waals surface area contributed by atoms with E-state index < -0.39 is 5.97 Å². The van der Waals surface area contributed by atoms with Crippen molar-refractivity contribution in [3.05, 3.63) is 65.3 Å². The van der Waals surface area contributed by atoms with Crippen LogP contribution in [0.1, 0.15) is 5.56 Å². The van der Waals surface area contributed by atoms with Crippen molar-refractivity contribution in [3.63, 3.8) is 0 Å². The van der Waals surface area contributed by atoms with E-state index in [4.69, 9.17) is 16.3 Å². The van der Waals surface area contributed by atoms with Crippen LogP contribution in [0.15, 0.2) is 59.5 Å². The van der Waals surface area contributed by atoms with Crippen LogP contribution < -0.4 is 4.90 Å². The van der Waals surface area contributed by atoms with Gasteiger partial charge >= 0.3 is 5.97 Å². The number of halogens is 1. The highest BCUT2D eigenvalue weighted by Gasteiger charge is 2.26. The van der Waals surface area contributed by atoms with Crippen molar-refractivity contribution in [1.82, 2.24) is 4.98 Å². The second-order valence-corrected chi connectivity index (χ2v) is 7.40. The number of nitrogens with zero attached hydrogens (tertiary/aromatic N) is 2. The highest BCUT2D eigenvalue weighted by atomic mass is 35.5. The molecule has 3 aromatic rings. The minimum absolute atomic E-state index is 0.00787. The topological polar surface area (TPSA) is 59.5 Å². The molecule has 0 aliphatic carbocycles. The Kier molecular flexibility index (Phi) is 5.01. The summed E-state index contributed by atoms with van der Waals surface area (Å²) in [6.07, 6.45) is 0. The minimum atomic E-state index is -0.491. The first kappa shape index (κ1) is 17.8. The number of carbonyl (C=O) groups excluding carboxylic acids is 2. The van der Waals surface area contributed by atoms with Crippen LogP contribution in [-0.2, 0) is 20.9 Å². The zero-order chi connectivity index (χ0) is 18.8. The van der Waals surface area contributed by atoms with E-state index in [1.54, 1.807) is 0 Å². The number of pyridine rings is 1. The molecule has 0 saturated heterocycles. The molecule has 27 heavy (non-hydrogen) atoms. The maximum absolute atomic E-state index is 12.3. The summed E-state index contributed by atoms with van der Waals surface area (Å²) in [5, 5.41) is 1.22. The molecular weight excluding hydrogens is 384 g/mol. The molecule has 1 amide bonds. The Balaban J connectivity index is 1.46. The van der Waals surface area contributed by atoms with Gasteiger partial charge in [-0.2, -0.15) is 0 Å². The molecule has 0 radical (unpaired) electrons. The smallest absolute Gasteiger partial charge is 0.326 e. The lowest BCUT2D eigenvalue weighted by Gasteiger charge is -2.27. The van der Waals surface area contributed by atoms with Gasteiger partial charge in [0.05, 0.1) is 17.0 Å². The quantitative estimate of drug-likeness (QED) is 0.489. The van der Waals surface area contributed by atoms with Gasteiger partial charge in [-0.1, -0.05) is 41.9 Å². The molecule has 136 valence electrons. The predicted molar refractivity (Wildman–Crippen MR) is 106 cm³/mol. The second kappa shape index (κ2) is 7.58. The largest absolute Gasteiger partial charge is 0.459 e. The van der Waals surface area contributed by atoms with Crippen molar-refractivity contribution in [3.8, 4) is 0 Å². The minimum Gasteiger partial charge on any atom is -0.459 e. The molecule has 1 aliphatic rings. The predicted octanol–water partition coefficient (Wildman–Crippen LogP) is 4.07. The zero-order valence-electron chi connectivity index (χ0n) is 14.2. The average molecular weight is 399 g/mol. The Morgan fingerprint density at radius 3 is 2.85 bits per heavy atom. The lowest BCUT2D eigenvalue weighted by molar-refractivity contribution is -0.144. The van der Waals surface area contributed by atoms with Crippen molar-refractivity contribution in [2.45, 2.75) is 11.5 Å². The monoisotopic (exact) mass is 398 g/mol.